The van der Waals surface area contributed by atoms with Gasteiger partial charge in [-0.3, -0.25) is 9.59 Å². The molecule has 0 radical (unpaired) electrons. The normalized spacial score (nSPS) is 14.6. The Morgan fingerprint density at radius 3 is 2.54 bits per heavy atom. The molecule has 0 fully saturated rings. The summed E-state index contributed by atoms with van der Waals surface area (Å²) in [5.74, 6) is 1.15. The number of hydrazone groups is 1. The van der Waals surface area contributed by atoms with Crippen LogP contribution in [0.5, 0.6) is 5.75 Å². The van der Waals surface area contributed by atoms with Crippen LogP contribution in [0.1, 0.15) is 45.3 Å². The van der Waals surface area contributed by atoms with Crippen molar-refractivity contribution in [3.63, 3.8) is 0 Å². The number of carbonyl (C=O) groups is 2. The summed E-state index contributed by atoms with van der Waals surface area (Å²) in [7, 11) is 3.45. The molecule has 1 aromatic heterocycles. The Kier molecular flexibility index (Phi) is 8.84. The topological polar surface area (TPSA) is 102 Å². The van der Waals surface area contributed by atoms with E-state index in [1.807, 2.05) is 80.7 Å². The van der Waals surface area contributed by atoms with Crippen LogP contribution in [0, 0.1) is 6.92 Å². The van der Waals surface area contributed by atoms with Crippen LogP contribution in [-0.4, -0.2) is 50.2 Å². The standard InChI is InChI=1S/C30H29BrN6O3S/c1-19-5-4-6-22(15-19)29(39)32-17-27-33-34-30(36(27)2)41-18-28(38)37-26(21-9-13-24(40-3)14-10-21)16-25(35-37)20-7-11-23(31)12-8-20/h4-15,26H,16-18H2,1-3H3,(H,32,39)/t26-/m0/s1. The predicted octanol–water partition coefficient (Wildman–Crippen LogP) is 5.29. The largest absolute Gasteiger partial charge is 0.497 e. The molecule has 4 aromatic rings. The number of nitrogens with zero attached hydrogens (tertiary/aromatic N) is 5. The molecule has 5 rings (SSSR count). The number of hydrogen-bond donors (Lipinski definition) is 1. The minimum absolute atomic E-state index is 0.130. The quantitative estimate of drug-likeness (QED) is 0.251. The van der Waals surface area contributed by atoms with Crippen LogP contribution in [0.15, 0.2) is 87.5 Å². The summed E-state index contributed by atoms with van der Waals surface area (Å²) in [4.78, 5) is 26.1. The Morgan fingerprint density at radius 1 is 1.07 bits per heavy atom. The second-order valence-corrected chi connectivity index (χ2v) is 11.4. The van der Waals surface area contributed by atoms with Gasteiger partial charge in [-0.1, -0.05) is 69.7 Å². The Hall–Kier alpha value is -3.96. The lowest BCUT2D eigenvalue weighted by Gasteiger charge is -2.22. The van der Waals surface area contributed by atoms with Crippen LogP contribution in [0.4, 0.5) is 0 Å². The number of methoxy groups -OCH3 is 1. The van der Waals surface area contributed by atoms with Crippen molar-refractivity contribution in [2.24, 2.45) is 12.1 Å². The monoisotopic (exact) mass is 632 g/mol. The molecule has 41 heavy (non-hydrogen) atoms. The minimum atomic E-state index is -0.237. The lowest BCUT2D eigenvalue weighted by atomic mass is 9.98. The molecule has 0 unspecified atom stereocenters. The zero-order chi connectivity index (χ0) is 28.9. The summed E-state index contributed by atoms with van der Waals surface area (Å²) in [6.07, 6.45) is 0.596. The Morgan fingerprint density at radius 2 is 1.83 bits per heavy atom. The smallest absolute Gasteiger partial charge is 0.253 e. The van der Waals surface area contributed by atoms with Gasteiger partial charge in [-0.25, -0.2) is 5.01 Å². The zero-order valence-corrected chi connectivity index (χ0v) is 25.3. The summed E-state index contributed by atoms with van der Waals surface area (Å²) < 4.78 is 8.08. The molecule has 0 aliphatic carbocycles. The predicted molar refractivity (Wildman–Crippen MR) is 162 cm³/mol. The number of aryl methyl sites for hydroxylation is 1. The first-order chi connectivity index (χ1) is 19.8. The number of nitrogens with one attached hydrogen (secondary N) is 1. The van der Waals surface area contributed by atoms with E-state index >= 15 is 0 Å². The van der Waals surface area contributed by atoms with Gasteiger partial charge in [0.05, 0.1) is 31.2 Å². The van der Waals surface area contributed by atoms with Gasteiger partial charge in [0.1, 0.15) is 5.75 Å². The van der Waals surface area contributed by atoms with Crippen LogP contribution < -0.4 is 10.1 Å². The summed E-state index contributed by atoms with van der Waals surface area (Å²) in [6, 6.07) is 22.8. The van der Waals surface area contributed by atoms with Gasteiger partial charge in [0.25, 0.3) is 11.8 Å². The molecule has 1 N–H and O–H groups in total. The number of amides is 2. The molecule has 9 nitrogen and oxygen atoms in total. The van der Waals surface area contributed by atoms with Crippen molar-refractivity contribution in [3.8, 4) is 5.75 Å². The number of benzene rings is 3. The van der Waals surface area contributed by atoms with E-state index in [2.05, 4.69) is 31.4 Å². The van der Waals surface area contributed by atoms with Gasteiger partial charge in [-0.05, 0) is 54.4 Å². The van der Waals surface area contributed by atoms with Crippen LogP contribution in [0.25, 0.3) is 0 Å². The molecule has 2 amide bonds. The van der Waals surface area contributed by atoms with Crippen LogP contribution in [0.2, 0.25) is 0 Å². The van der Waals surface area contributed by atoms with Crippen molar-refractivity contribution in [1.82, 2.24) is 25.1 Å². The molecular formula is C30H29BrN6O3S. The molecule has 3 aromatic carbocycles. The molecule has 11 heteroatoms. The van der Waals surface area contributed by atoms with Crippen molar-refractivity contribution in [2.75, 3.05) is 12.9 Å². The number of halogens is 1. The number of carbonyl (C=O) groups excluding carboxylic acids is 2. The molecule has 0 spiro atoms. The average molecular weight is 634 g/mol. The second-order valence-electron chi connectivity index (χ2n) is 9.58. The highest BCUT2D eigenvalue weighted by molar-refractivity contribution is 9.10. The Labute approximate surface area is 251 Å². The third kappa shape index (κ3) is 6.68. The van der Waals surface area contributed by atoms with Crippen molar-refractivity contribution < 1.29 is 14.3 Å². The molecule has 1 aliphatic rings. The molecule has 1 atom stereocenters. The number of rotatable bonds is 9. The van der Waals surface area contributed by atoms with Crippen molar-refractivity contribution in [1.29, 1.82) is 0 Å². The number of ether oxygens (including phenoxy) is 1. The molecule has 1 aliphatic heterocycles. The third-order valence-corrected chi connectivity index (χ3v) is 8.31. The zero-order valence-electron chi connectivity index (χ0n) is 22.9. The van der Waals surface area contributed by atoms with Crippen LogP contribution in [0.3, 0.4) is 0 Å². The van der Waals surface area contributed by atoms with Crippen LogP contribution >= 0.6 is 27.7 Å². The Balaban J connectivity index is 1.27. The molecule has 210 valence electrons. The number of aromatic nitrogens is 3. The fraction of sp³-hybridized carbons (Fsp3) is 0.233. The SMILES string of the molecule is COc1ccc([C@@H]2CC(c3ccc(Br)cc3)=NN2C(=O)CSc2nnc(CNC(=O)c3cccc(C)c3)n2C)cc1. The van der Waals surface area contributed by atoms with Gasteiger partial charge in [-0.15, -0.1) is 10.2 Å². The maximum absolute atomic E-state index is 13.5. The van der Waals surface area contributed by atoms with Gasteiger partial charge in [-0.2, -0.15) is 5.10 Å². The van der Waals surface area contributed by atoms with E-state index in [-0.39, 0.29) is 30.2 Å². The van der Waals surface area contributed by atoms with E-state index in [4.69, 9.17) is 9.84 Å². The summed E-state index contributed by atoms with van der Waals surface area (Å²) >= 11 is 4.77. The van der Waals surface area contributed by atoms with Gasteiger partial charge < -0.3 is 14.6 Å². The second kappa shape index (κ2) is 12.7. The first-order valence-corrected chi connectivity index (χ1v) is 14.8. The van der Waals surface area contributed by atoms with Gasteiger partial charge in [0, 0.05) is 23.5 Å². The number of thioether (sulfide) groups is 1. The fourth-order valence-electron chi connectivity index (χ4n) is 4.51. The highest BCUT2D eigenvalue weighted by Crippen LogP contribution is 2.34. The van der Waals surface area contributed by atoms with E-state index in [0.29, 0.717) is 23.0 Å². The minimum Gasteiger partial charge on any atom is -0.497 e. The van der Waals surface area contributed by atoms with Crippen molar-refractivity contribution >= 4 is 45.2 Å². The maximum Gasteiger partial charge on any atom is 0.253 e. The van der Waals surface area contributed by atoms with E-state index in [1.54, 1.807) is 22.8 Å². The van der Waals surface area contributed by atoms with Crippen LogP contribution in [-0.2, 0) is 18.4 Å². The molecule has 0 saturated heterocycles. The van der Waals surface area contributed by atoms with E-state index < -0.39 is 0 Å². The first kappa shape index (κ1) is 28.6. The Bertz CT molecular complexity index is 1590. The average Bonchev–Trinajstić information content (AvgIpc) is 3.59. The molecular weight excluding hydrogens is 604 g/mol. The summed E-state index contributed by atoms with van der Waals surface area (Å²) in [5, 5.41) is 18.3. The lowest BCUT2D eigenvalue weighted by molar-refractivity contribution is -0.130. The molecule has 0 bridgehead atoms. The number of hydrogen-bond acceptors (Lipinski definition) is 7. The lowest BCUT2D eigenvalue weighted by Crippen LogP contribution is -2.28. The van der Waals surface area contributed by atoms with Crippen molar-refractivity contribution in [2.45, 2.75) is 31.1 Å². The third-order valence-electron chi connectivity index (χ3n) is 6.78. The maximum atomic E-state index is 13.5. The van der Waals surface area contributed by atoms with Gasteiger partial charge >= 0.3 is 0 Å². The van der Waals surface area contributed by atoms with E-state index in [1.165, 1.54) is 11.8 Å². The van der Waals surface area contributed by atoms with E-state index in [0.717, 1.165) is 32.6 Å². The fourth-order valence-corrected chi connectivity index (χ4v) is 5.55. The summed E-state index contributed by atoms with van der Waals surface area (Å²) in [6.45, 7) is 2.16. The first-order valence-electron chi connectivity index (χ1n) is 13.0. The van der Waals surface area contributed by atoms with Gasteiger partial charge in [0.15, 0.2) is 11.0 Å². The highest BCUT2D eigenvalue weighted by Gasteiger charge is 2.33. The highest BCUT2D eigenvalue weighted by atomic mass is 79.9. The van der Waals surface area contributed by atoms with Gasteiger partial charge in [0.2, 0.25) is 0 Å². The summed E-state index contributed by atoms with van der Waals surface area (Å²) in [5.41, 5.74) is 4.40. The molecule has 0 saturated carbocycles. The molecule has 2 heterocycles. The van der Waals surface area contributed by atoms with E-state index in [9.17, 15) is 9.59 Å². The van der Waals surface area contributed by atoms with Crippen molar-refractivity contribution in [3.05, 3.63) is 105 Å².